The van der Waals surface area contributed by atoms with Crippen LogP contribution in [0.5, 0.6) is 0 Å². The molecular weight excluding hydrogens is 403 g/mol. The number of aliphatic hydroxyl groups is 1. The third-order valence-electron chi connectivity index (χ3n) is 5.83. The molecule has 2 nitrogen and oxygen atoms in total. The average Bonchev–Trinajstić information content (AvgIpc) is 2.66. The Balaban J connectivity index is 1.81. The van der Waals surface area contributed by atoms with Crippen LogP contribution < -0.4 is 0 Å². The van der Waals surface area contributed by atoms with Gasteiger partial charge in [-0.25, -0.2) is 8.78 Å². The molecule has 1 aliphatic rings. The molecule has 2 aromatic rings. The summed E-state index contributed by atoms with van der Waals surface area (Å²) in [6.45, 7) is 1.76. The van der Waals surface area contributed by atoms with Gasteiger partial charge in [0.05, 0.1) is 11.2 Å². The topological polar surface area (TPSA) is 37.3 Å². The maximum atomic E-state index is 14.0. The van der Waals surface area contributed by atoms with Gasteiger partial charge < -0.3 is 5.11 Å². The van der Waals surface area contributed by atoms with Crippen LogP contribution in [-0.2, 0) is 6.18 Å². The lowest BCUT2D eigenvalue weighted by atomic mass is 9.78. The van der Waals surface area contributed by atoms with Crippen molar-refractivity contribution in [3.8, 4) is 11.1 Å². The monoisotopic (exact) mass is 426 g/mol. The van der Waals surface area contributed by atoms with Gasteiger partial charge in [0.1, 0.15) is 11.6 Å². The minimum atomic E-state index is -4.79. The molecule has 7 heteroatoms. The smallest absolute Gasteiger partial charge is 0.390 e. The molecule has 0 amide bonds. The largest absolute Gasteiger partial charge is 0.417 e. The standard InChI is InChI=1S/C23H23F5O2/c1-22(30)10-8-14(9-11-22)2-7-21(29)18-5-3-15(12-19(18)23(26,27)28)17-6-4-16(24)13-20(17)25/h3-6,12-14,30H,2,7-11H2,1H3. The molecule has 30 heavy (non-hydrogen) atoms. The first-order chi connectivity index (χ1) is 14.0. The van der Waals surface area contributed by atoms with E-state index < -0.39 is 40.3 Å². The van der Waals surface area contributed by atoms with E-state index in [2.05, 4.69) is 0 Å². The quantitative estimate of drug-likeness (QED) is 0.435. The number of benzene rings is 2. The second kappa shape index (κ2) is 8.46. The number of hydrogen-bond acceptors (Lipinski definition) is 2. The third-order valence-corrected chi connectivity index (χ3v) is 5.83. The van der Waals surface area contributed by atoms with Gasteiger partial charge in [0, 0.05) is 23.6 Å². The van der Waals surface area contributed by atoms with Crippen molar-refractivity contribution in [2.24, 2.45) is 5.92 Å². The Labute approximate surface area is 171 Å². The molecule has 0 atom stereocenters. The minimum Gasteiger partial charge on any atom is -0.390 e. The van der Waals surface area contributed by atoms with Gasteiger partial charge in [0.15, 0.2) is 5.78 Å². The molecular formula is C23H23F5O2. The third kappa shape index (κ3) is 5.25. The number of alkyl halides is 3. The van der Waals surface area contributed by atoms with Crippen LogP contribution in [-0.4, -0.2) is 16.5 Å². The van der Waals surface area contributed by atoms with E-state index in [0.29, 0.717) is 25.3 Å². The van der Waals surface area contributed by atoms with E-state index in [0.717, 1.165) is 37.1 Å². The summed E-state index contributed by atoms with van der Waals surface area (Å²) in [7, 11) is 0. The maximum Gasteiger partial charge on any atom is 0.417 e. The molecule has 0 radical (unpaired) electrons. The first-order valence-corrected chi connectivity index (χ1v) is 9.88. The molecule has 0 unspecified atom stereocenters. The summed E-state index contributed by atoms with van der Waals surface area (Å²) in [5, 5.41) is 9.99. The number of carbonyl (C=O) groups is 1. The van der Waals surface area contributed by atoms with E-state index in [4.69, 9.17) is 0 Å². The van der Waals surface area contributed by atoms with Crippen molar-refractivity contribution in [1.82, 2.24) is 0 Å². The van der Waals surface area contributed by atoms with Crippen molar-refractivity contribution in [2.45, 2.75) is 57.2 Å². The fraction of sp³-hybridized carbons (Fsp3) is 0.435. The summed E-state index contributed by atoms with van der Waals surface area (Å²) in [4.78, 5) is 12.6. The minimum absolute atomic E-state index is 0.0276. The van der Waals surface area contributed by atoms with Crippen molar-refractivity contribution in [2.75, 3.05) is 0 Å². The van der Waals surface area contributed by atoms with Crippen LogP contribution in [0.25, 0.3) is 11.1 Å². The molecule has 1 aliphatic carbocycles. The summed E-state index contributed by atoms with van der Waals surface area (Å²) in [5.74, 6) is -2.24. The molecule has 3 rings (SSSR count). The highest BCUT2D eigenvalue weighted by Crippen LogP contribution is 2.38. The van der Waals surface area contributed by atoms with Gasteiger partial charge in [0.25, 0.3) is 0 Å². The summed E-state index contributed by atoms with van der Waals surface area (Å²) in [5.41, 5.74) is -2.53. The molecule has 1 N–H and O–H groups in total. The summed E-state index contributed by atoms with van der Waals surface area (Å²) >= 11 is 0. The summed E-state index contributed by atoms with van der Waals surface area (Å²) in [6.07, 6.45) is -1.68. The van der Waals surface area contributed by atoms with Crippen LogP contribution in [0.1, 0.15) is 61.4 Å². The Morgan fingerprint density at radius 1 is 1.10 bits per heavy atom. The second-order valence-corrected chi connectivity index (χ2v) is 8.28. The van der Waals surface area contributed by atoms with Crippen LogP contribution in [0.4, 0.5) is 22.0 Å². The van der Waals surface area contributed by atoms with E-state index in [1.165, 1.54) is 6.07 Å². The van der Waals surface area contributed by atoms with Gasteiger partial charge in [-0.05, 0) is 68.7 Å². The lowest BCUT2D eigenvalue weighted by Gasteiger charge is -2.33. The van der Waals surface area contributed by atoms with Gasteiger partial charge in [-0.2, -0.15) is 13.2 Å². The predicted octanol–water partition coefficient (Wildman–Crippen LogP) is 6.55. The molecule has 0 spiro atoms. The average molecular weight is 426 g/mol. The highest BCUT2D eigenvalue weighted by Gasteiger charge is 2.36. The molecule has 0 saturated heterocycles. The van der Waals surface area contributed by atoms with Gasteiger partial charge in [0.2, 0.25) is 0 Å². The Bertz CT molecular complexity index is 924. The first kappa shape index (κ1) is 22.4. The zero-order valence-electron chi connectivity index (χ0n) is 16.5. The molecule has 0 aliphatic heterocycles. The summed E-state index contributed by atoms with van der Waals surface area (Å²) < 4.78 is 67.9. The number of Topliss-reactive ketones (excluding diaryl/α,β-unsaturated/α-hetero) is 1. The maximum absolute atomic E-state index is 14.0. The molecule has 1 fully saturated rings. The molecule has 0 heterocycles. The van der Waals surface area contributed by atoms with Gasteiger partial charge >= 0.3 is 6.18 Å². The fourth-order valence-corrected chi connectivity index (χ4v) is 3.97. The van der Waals surface area contributed by atoms with E-state index in [1.807, 2.05) is 0 Å². The van der Waals surface area contributed by atoms with Crippen molar-refractivity contribution < 1.29 is 31.9 Å². The van der Waals surface area contributed by atoms with E-state index >= 15 is 0 Å². The first-order valence-electron chi connectivity index (χ1n) is 9.88. The number of hydrogen-bond donors (Lipinski definition) is 1. The summed E-state index contributed by atoms with van der Waals surface area (Å²) in [6, 6.07) is 5.68. The number of halogens is 5. The molecule has 162 valence electrons. The number of rotatable bonds is 5. The van der Waals surface area contributed by atoms with Crippen molar-refractivity contribution in [1.29, 1.82) is 0 Å². The number of carbonyl (C=O) groups excluding carboxylic acids is 1. The van der Waals surface area contributed by atoms with Gasteiger partial charge in [-0.3, -0.25) is 4.79 Å². The van der Waals surface area contributed by atoms with Gasteiger partial charge in [-0.15, -0.1) is 0 Å². The number of ketones is 1. The zero-order chi connectivity index (χ0) is 22.1. The normalized spacial score (nSPS) is 22.2. The van der Waals surface area contributed by atoms with Crippen LogP contribution in [0.2, 0.25) is 0 Å². The molecule has 1 saturated carbocycles. The van der Waals surface area contributed by atoms with Crippen LogP contribution in [0.15, 0.2) is 36.4 Å². The van der Waals surface area contributed by atoms with Crippen molar-refractivity contribution in [3.05, 3.63) is 59.2 Å². The molecule has 2 aromatic carbocycles. The second-order valence-electron chi connectivity index (χ2n) is 8.28. The highest BCUT2D eigenvalue weighted by molar-refractivity contribution is 5.98. The van der Waals surface area contributed by atoms with Crippen LogP contribution in [0, 0.1) is 17.6 Å². The molecule has 0 bridgehead atoms. The Kier molecular flexibility index (Phi) is 6.32. The van der Waals surface area contributed by atoms with E-state index in [-0.39, 0.29) is 23.5 Å². The Hall–Kier alpha value is -2.28. The lowest BCUT2D eigenvalue weighted by Crippen LogP contribution is -2.30. The molecule has 0 aromatic heterocycles. The SMILES string of the molecule is CC1(O)CCC(CCC(=O)c2ccc(-c3ccc(F)cc3F)cc2C(F)(F)F)CC1. The van der Waals surface area contributed by atoms with Crippen molar-refractivity contribution in [3.63, 3.8) is 0 Å². The Morgan fingerprint density at radius 2 is 1.77 bits per heavy atom. The van der Waals surface area contributed by atoms with Crippen molar-refractivity contribution >= 4 is 5.78 Å². The van der Waals surface area contributed by atoms with Crippen LogP contribution >= 0.6 is 0 Å². The zero-order valence-corrected chi connectivity index (χ0v) is 16.5. The predicted molar refractivity (Wildman–Crippen MR) is 103 cm³/mol. The van der Waals surface area contributed by atoms with E-state index in [9.17, 15) is 31.9 Å². The van der Waals surface area contributed by atoms with Crippen LogP contribution in [0.3, 0.4) is 0 Å². The fourth-order valence-electron chi connectivity index (χ4n) is 3.97. The van der Waals surface area contributed by atoms with E-state index in [1.54, 1.807) is 6.92 Å². The Morgan fingerprint density at radius 3 is 2.37 bits per heavy atom. The lowest BCUT2D eigenvalue weighted by molar-refractivity contribution is -0.137. The highest BCUT2D eigenvalue weighted by atomic mass is 19.4. The van der Waals surface area contributed by atoms with Gasteiger partial charge in [-0.1, -0.05) is 12.1 Å².